The molecule has 8 heteroatoms. The Morgan fingerprint density at radius 3 is 2.29 bits per heavy atom. The number of hydrogen-bond acceptors (Lipinski definition) is 3. The highest BCUT2D eigenvalue weighted by Gasteiger charge is 2.21. The maximum absolute atomic E-state index is 13.7. The minimum absolute atomic E-state index is 0.166. The van der Waals surface area contributed by atoms with Crippen LogP contribution in [0.1, 0.15) is 5.56 Å². The minimum Gasteiger partial charge on any atom is -0.399 e. The van der Waals surface area contributed by atoms with E-state index >= 15 is 0 Å². The summed E-state index contributed by atoms with van der Waals surface area (Å²) in [5, 5.41) is 0. The number of nitrogens with one attached hydrogen (secondary N) is 1. The van der Waals surface area contributed by atoms with Crippen molar-refractivity contribution in [3.8, 4) is 0 Å². The van der Waals surface area contributed by atoms with Gasteiger partial charge in [0.25, 0.3) is 10.0 Å². The molecule has 0 bridgehead atoms. The molecular weight excluding hydrogens is 427 g/mol. The second kappa shape index (κ2) is 5.94. The summed E-state index contributed by atoms with van der Waals surface area (Å²) in [5.74, 6) is -0.865. The highest BCUT2D eigenvalue weighted by atomic mass is 79.9. The number of anilines is 2. The quantitative estimate of drug-likeness (QED) is 0.711. The molecule has 2 aromatic carbocycles. The third-order valence-electron chi connectivity index (χ3n) is 2.67. The summed E-state index contributed by atoms with van der Waals surface area (Å²) in [4.78, 5) is -0.498. The molecule has 0 aromatic heterocycles. The standard InChI is InChI=1S/C13H11Br2FN2O2S/c1-7-4-9(14)13(10(15)5-7)18-21(19,20)12-6-8(17)2-3-11(12)16/h2-6,18H,17H2,1H3. The molecule has 3 N–H and O–H groups in total. The van der Waals surface area contributed by atoms with Crippen molar-refractivity contribution in [1.29, 1.82) is 0 Å². The topological polar surface area (TPSA) is 72.2 Å². The van der Waals surface area contributed by atoms with Crippen molar-refractivity contribution in [1.82, 2.24) is 0 Å². The van der Waals surface area contributed by atoms with Crippen molar-refractivity contribution < 1.29 is 12.8 Å². The zero-order valence-corrected chi connectivity index (χ0v) is 14.8. The van der Waals surface area contributed by atoms with Crippen LogP contribution in [0.3, 0.4) is 0 Å². The van der Waals surface area contributed by atoms with Gasteiger partial charge in [-0.05, 0) is 74.7 Å². The Morgan fingerprint density at radius 1 is 1.14 bits per heavy atom. The van der Waals surface area contributed by atoms with Crippen LogP contribution in [0.2, 0.25) is 0 Å². The zero-order valence-electron chi connectivity index (χ0n) is 10.8. The third kappa shape index (κ3) is 3.56. The largest absolute Gasteiger partial charge is 0.399 e. The smallest absolute Gasteiger partial charge is 0.264 e. The SMILES string of the molecule is Cc1cc(Br)c(NS(=O)(=O)c2cc(N)ccc2F)c(Br)c1. The van der Waals surface area contributed by atoms with Crippen LogP contribution in [0.15, 0.2) is 44.2 Å². The average Bonchev–Trinajstić information content (AvgIpc) is 2.36. The number of hydrogen-bond donors (Lipinski definition) is 2. The van der Waals surface area contributed by atoms with Crippen molar-refractivity contribution in [3.05, 3.63) is 50.7 Å². The van der Waals surface area contributed by atoms with Crippen molar-refractivity contribution in [2.75, 3.05) is 10.5 Å². The molecule has 0 spiro atoms. The highest BCUT2D eigenvalue weighted by Crippen LogP contribution is 2.34. The Morgan fingerprint density at radius 2 is 1.71 bits per heavy atom. The Hall–Kier alpha value is -1.12. The van der Waals surface area contributed by atoms with Gasteiger partial charge in [0.15, 0.2) is 0 Å². The second-order valence-corrected chi connectivity index (χ2v) is 7.76. The van der Waals surface area contributed by atoms with Crippen LogP contribution in [-0.4, -0.2) is 8.42 Å². The summed E-state index contributed by atoms with van der Waals surface area (Å²) in [6.45, 7) is 1.87. The van der Waals surface area contributed by atoms with Gasteiger partial charge in [-0.2, -0.15) is 0 Å². The molecule has 0 saturated carbocycles. The van der Waals surface area contributed by atoms with Crippen molar-refractivity contribution in [2.45, 2.75) is 11.8 Å². The molecule has 0 radical (unpaired) electrons. The number of nitrogen functional groups attached to an aromatic ring is 1. The maximum atomic E-state index is 13.7. The zero-order chi connectivity index (χ0) is 15.8. The summed E-state index contributed by atoms with van der Waals surface area (Å²) >= 11 is 6.56. The minimum atomic E-state index is -4.09. The normalized spacial score (nSPS) is 11.4. The van der Waals surface area contributed by atoms with E-state index in [9.17, 15) is 12.8 Å². The van der Waals surface area contributed by atoms with Gasteiger partial charge in [-0.25, -0.2) is 12.8 Å². The monoisotopic (exact) mass is 436 g/mol. The average molecular weight is 438 g/mol. The number of rotatable bonds is 3. The van der Waals surface area contributed by atoms with Crippen LogP contribution >= 0.6 is 31.9 Å². The molecule has 0 heterocycles. The van der Waals surface area contributed by atoms with Gasteiger partial charge in [0.05, 0.1) is 5.69 Å². The first kappa shape index (κ1) is 16.3. The third-order valence-corrected chi connectivity index (χ3v) is 5.28. The summed E-state index contributed by atoms with van der Waals surface area (Å²) in [7, 11) is -4.09. The molecule has 0 aliphatic heterocycles. The molecule has 0 unspecified atom stereocenters. The van der Waals surface area contributed by atoms with E-state index in [1.165, 1.54) is 6.07 Å². The molecule has 0 aliphatic rings. The number of benzene rings is 2. The molecule has 2 rings (SSSR count). The fourth-order valence-electron chi connectivity index (χ4n) is 1.71. The van der Waals surface area contributed by atoms with Crippen LogP contribution in [0, 0.1) is 12.7 Å². The first-order valence-electron chi connectivity index (χ1n) is 5.74. The van der Waals surface area contributed by atoms with E-state index in [0.717, 1.165) is 17.7 Å². The van der Waals surface area contributed by atoms with Crippen molar-refractivity contribution in [3.63, 3.8) is 0 Å². The summed E-state index contributed by atoms with van der Waals surface area (Å²) in [5.41, 5.74) is 6.92. The van der Waals surface area contributed by atoms with Crippen LogP contribution < -0.4 is 10.5 Å². The molecule has 0 fully saturated rings. The van der Waals surface area contributed by atoms with Gasteiger partial charge in [0, 0.05) is 14.6 Å². The molecule has 0 saturated heterocycles. The number of sulfonamides is 1. The van der Waals surface area contributed by atoms with Gasteiger partial charge >= 0.3 is 0 Å². The number of halogens is 3. The predicted octanol–water partition coefficient (Wildman–Crippen LogP) is 4.04. The molecule has 21 heavy (non-hydrogen) atoms. The Labute approximate surface area is 138 Å². The lowest BCUT2D eigenvalue weighted by atomic mass is 10.2. The van der Waals surface area contributed by atoms with Crippen LogP contribution in [0.4, 0.5) is 15.8 Å². The predicted molar refractivity (Wildman–Crippen MR) is 88.2 cm³/mol. The van der Waals surface area contributed by atoms with Gasteiger partial charge in [-0.15, -0.1) is 0 Å². The lowest BCUT2D eigenvalue weighted by molar-refractivity contribution is 0.570. The Bertz CT molecular complexity index is 787. The van der Waals surface area contributed by atoms with Gasteiger partial charge in [0.2, 0.25) is 0 Å². The molecule has 0 amide bonds. The van der Waals surface area contributed by atoms with Crippen LogP contribution in [0.25, 0.3) is 0 Å². The van der Waals surface area contributed by atoms with E-state index in [1.807, 2.05) is 6.92 Å². The molecular formula is C13H11Br2FN2O2S. The summed E-state index contributed by atoms with van der Waals surface area (Å²) in [6, 6.07) is 6.89. The number of nitrogens with two attached hydrogens (primary N) is 1. The van der Waals surface area contributed by atoms with E-state index < -0.39 is 20.7 Å². The van der Waals surface area contributed by atoms with E-state index in [4.69, 9.17) is 5.73 Å². The molecule has 112 valence electrons. The van der Waals surface area contributed by atoms with Crippen LogP contribution in [0.5, 0.6) is 0 Å². The Kier molecular flexibility index (Phi) is 4.60. The van der Waals surface area contributed by atoms with Crippen molar-refractivity contribution >= 4 is 53.3 Å². The van der Waals surface area contributed by atoms with Gasteiger partial charge < -0.3 is 5.73 Å². The fraction of sp³-hybridized carbons (Fsp3) is 0.0769. The Balaban J connectivity index is 2.50. The van der Waals surface area contributed by atoms with E-state index in [2.05, 4.69) is 36.6 Å². The van der Waals surface area contributed by atoms with Crippen molar-refractivity contribution in [2.24, 2.45) is 0 Å². The first-order valence-corrected chi connectivity index (χ1v) is 8.81. The second-order valence-electron chi connectivity index (χ2n) is 4.40. The van der Waals surface area contributed by atoms with Gasteiger partial charge in [-0.1, -0.05) is 0 Å². The summed E-state index contributed by atoms with van der Waals surface area (Å²) in [6.07, 6.45) is 0. The van der Waals surface area contributed by atoms with E-state index in [-0.39, 0.29) is 5.69 Å². The van der Waals surface area contributed by atoms with Crippen LogP contribution in [-0.2, 0) is 10.0 Å². The lowest BCUT2D eigenvalue weighted by Gasteiger charge is -2.13. The highest BCUT2D eigenvalue weighted by molar-refractivity contribution is 9.11. The maximum Gasteiger partial charge on any atom is 0.264 e. The van der Waals surface area contributed by atoms with Gasteiger partial charge in [0.1, 0.15) is 10.7 Å². The molecule has 2 aromatic rings. The van der Waals surface area contributed by atoms with E-state index in [0.29, 0.717) is 14.6 Å². The summed E-state index contributed by atoms with van der Waals surface area (Å²) < 4.78 is 41.8. The molecule has 0 aliphatic carbocycles. The fourth-order valence-corrected chi connectivity index (χ4v) is 4.80. The molecule has 0 atom stereocenters. The van der Waals surface area contributed by atoms with Gasteiger partial charge in [-0.3, -0.25) is 4.72 Å². The lowest BCUT2D eigenvalue weighted by Crippen LogP contribution is -2.15. The first-order chi connectivity index (χ1) is 9.70. The number of aryl methyl sites for hydroxylation is 1. The van der Waals surface area contributed by atoms with E-state index in [1.54, 1.807) is 12.1 Å². The molecule has 4 nitrogen and oxygen atoms in total.